The first-order valence-electron chi connectivity index (χ1n) is 7.34. The third-order valence-electron chi connectivity index (χ3n) is 3.24. The Labute approximate surface area is 137 Å². The van der Waals surface area contributed by atoms with Gasteiger partial charge in [-0.25, -0.2) is 4.79 Å². The second-order valence-corrected chi connectivity index (χ2v) is 5.53. The lowest BCUT2D eigenvalue weighted by molar-refractivity contribution is -0.137. The molecule has 2 amide bonds. The molecule has 4 nitrogen and oxygen atoms in total. The molecular formula is C17H18F3N3O. The van der Waals surface area contributed by atoms with Crippen LogP contribution in [0, 0.1) is 0 Å². The quantitative estimate of drug-likeness (QED) is 0.781. The van der Waals surface area contributed by atoms with Crippen LogP contribution >= 0.6 is 0 Å². The van der Waals surface area contributed by atoms with Crippen LogP contribution in [0.2, 0.25) is 0 Å². The highest BCUT2D eigenvalue weighted by atomic mass is 19.4. The van der Waals surface area contributed by atoms with Crippen molar-refractivity contribution in [1.29, 1.82) is 0 Å². The lowest BCUT2D eigenvalue weighted by Gasteiger charge is -2.10. The number of anilines is 2. The van der Waals surface area contributed by atoms with Gasteiger partial charge in [-0.15, -0.1) is 0 Å². The maximum absolute atomic E-state index is 12.5. The van der Waals surface area contributed by atoms with Gasteiger partial charge in [0.05, 0.1) is 5.56 Å². The van der Waals surface area contributed by atoms with Crippen molar-refractivity contribution in [3.8, 4) is 0 Å². The molecule has 24 heavy (non-hydrogen) atoms. The molecule has 0 saturated heterocycles. The molecule has 128 valence electrons. The van der Waals surface area contributed by atoms with E-state index in [-0.39, 0.29) is 11.7 Å². The minimum atomic E-state index is -4.40. The summed E-state index contributed by atoms with van der Waals surface area (Å²) < 4.78 is 37.4. The smallest absolute Gasteiger partial charge is 0.328 e. The number of hydrogen-bond donors (Lipinski definition) is 3. The second kappa shape index (κ2) is 7.35. The Hall–Kier alpha value is -2.54. The summed E-state index contributed by atoms with van der Waals surface area (Å²) >= 11 is 0. The summed E-state index contributed by atoms with van der Waals surface area (Å²) in [7, 11) is 0. The zero-order valence-corrected chi connectivity index (χ0v) is 13.0. The molecule has 0 aliphatic heterocycles. The van der Waals surface area contributed by atoms with Crippen molar-refractivity contribution in [2.24, 2.45) is 5.73 Å². The summed E-state index contributed by atoms with van der Waals surface area (Å²) in [5.41, 5.74) is 6.85. The fourth-order valence-electron chi connectivity index (χ4n) is 2.13. The molecule has 1 unspecified atom stereocenters. The van der Waals surface area contributed by atoms with Gasteiger partial charge in [0.25, 0.3) is 0 Å². The van der Waals surface area contributed by atoms with Crippen LogP contribution in [0.15, 0.2) is 48.5 Å². The number of carbonyl (C=O) groups is 1. The van der Waals surface area contributed by atoms with E-state index in [0.717, 1.165) is 24.1 Å². The zero-order valence-electron chi connectivity index (χ0n) is 13.0. The molecule has 0 aliphatic carbocycles. The first-order valence-corrected chi connectivity index (χ1v) is 7.34. The van der Waals surface area contributed by atoms with Gasteiger partial charge in [-0.3, -0.25) is 0 Å². The number of benzene rings is 2. The predicted octanol–water partition coefficient (Wildman–Crippen LogP) is 4.24. The highest BCUT2D eigenvalue weighted by Gasteiger charge is 2.29. The summed E-state index contributed by atoms with van der Waals surface area (Å²) in [6, 6.07) is 10.9. The molecule has 7 heteroatoms. The molecular weight excluding hydrogens is 319 g/mol. The van der Waals surface area contributed by atoms with Crippen molar-refractivity contribution >= 4 is 17.4 Å². The van der Waals surface area contributed by atoms with Crippen LogP contribution in [-0.4, -0.2) is 12.1 Å². The van der Waals surface area contributed by atoms with Gasteiger partial charge in [-0.05, 0) is 55.3 Å². The van der Waals surface area contributed by atoms with Gasteiger partial charge in [0, 0.05) is 17.4 Å². The standard InChI is InChI=1S/C17H18F3N3O/c1-11(21)10-12-2-6-14(7-3-12)22-16(24)23-15-8-4-13(5-9-15)17(18,19)20/h2-9,11H,10,21H2,1H3,(H2,22,23,24). The van der Waals surface area contributed by atoms with Crippen molar-refractivity contribution in [3.63, 3.8) is 0 Å². The largest absolute Gasteiger partial charge is 0.416 e. The molecule has 1 atom stereocenters. The van der Waals surface area contributed by atoms with E-state index in [0.29, 0.717) is 5.69 Å². The van der Waals surface area contributed by atoms with Gasteiger partial charge in [-0.1, -0.05) is 12.1 Å². The normalized spacial score (nSPS) is 12.5. The minimum absolute atomic E-state index is 0.0479. The van der Waals surface area contributed by atoms with Gasteiger partial charge < -0.3 is 16.4 Å². The Kier molecular flexibility index (Phi) is 5.46. The molecule has 0 aromatic heterocycles. The summed E-state index contributed by atoms with van der Waals surface area (Å²) in [6.07, 6.45) is -3.67. The topological polar surface area (TPSA) is 67.1 Å². The number of nitrogens with two attached hydrogens (primary N) is 1. The van der Waals surface area contributed by atoms with Crippen LogP contribution in [0.1, 0.15) is 18.1 Å². The summed E-state index contributed by atoms with van der Waals surface area (Å²) in [5, 5.41) is 5.09. The van der Waals surface area contributed by atoms with E-state index in [1.54, 1.807) is 12.1 Å². The lowest BCUT2D eigenvalue weighted by atomic mass is 10.1. The van der Waals surface area contributed by atoms with Crippen molar-refractivity contribution in [2.45, 2.75) is 25.6 Å². The molecule has 0 heterocycles. The van der Waals surface area contributed by atoms with E-state index in [9.17, 15) is 18.0 Å². The van der Waals surface area contributed by atoms with Gasteiger partial charge >= 0.3 is 12.2 Å². The van der Waals surface area contributed by atoms with Crippen molar-refractivity contribution in [3.05, 3.63) is 59.7 Å². The number of nitrogens with one attached hydrogen (secondary N) is 2. The number of alkyl halides is 3. The molecule has 0 saturated carbocycles. The first-order chi connectivity index (χ1) is 11.2. The van der Waals surface area contributed by atoms with Gasteiger partial charge in [0.2, 0.25) is 0 Å². The Morgan fingerprint density at radius 3 is 1.88 bits per heavy atom. The van der Waals surface area contributed by atoms with E-state index in [1.807, 2.05) is 19.1 Å². The Morgan fingerprint density at radius 2 is 1.46 bits per heavy atom. The first kappa shape index (κ1) is 17.8. The molecule has 0 radical (unpaired) electrons. The molecule has 0 spiro atoms. The average molecular weight is 337 g/mol. The second-order valence-electron chi connectivity index (χ2n) is 5.53. The van der Waals surface area contributed by atoms with Crippen LogP contribution in [-0.2, 0) is 12.6 Å². The van der Waals surface area contributed by atoms with E-state index in [4.69, 9.17) is 5.73 Å². The van der Waals surface area contributed by atoms with Crippen LogP contribution in [0.4, 0.5) is 29.3 Å². The highest BCUT2D eigenvalue weighted by Crippen LogP contribution is 2.29. The monoisotopic (exact) mass is 337 g/mol. The summed E-state index contributed by atoms with van der Waals surface area (Å²) in [6.45, 7) is 1.91. The van der Waals surface area contributed by atoms with E-state index in [2.05, 4.69) is 10.6 Å². The molecule has 0 aliphatic rings. The molecule has 0 fully saturated rings. The molecule has 0 bridgehead atoms. The molecule has 2 aromatic carbocycles. The number of rotatable bonds is 4. The Bertz CT molecular complexity index is 680. The number of urea groups is 1. The number of halogens is 3. The van der Waals surface area contributed by atoms with Gasteiger partial charge in [-0.2, -0.15) is 13.2 Å². The average Bonchev–Trinajstić information content (AvgIpc) is 2.48. The van der Waals surface area contributed by atoms with Crippen LogP contribution in [0.5, 0.6) is 0 Å². The predicted molar refractivity (Wildman–Crippen MR) is 87.9 cm³/mol. The number of amides is 2. The Balaban J connectivity index is 1.93. The fourth-order valence-corrected chi connectivity index (χ4v) is 2.13. The number of carbonyl (C=O) groups excluding carboxylic acids is 1. The van der Waals surface area contributed by atoms with Crippen LogP contribution in [0.25, 0.3) is 0 Å². The Morgan fingerprint density at radius 1 is 1.00 bits per heavy atom. The highest BCUT2D eigenvalue weighted by molar-refractivity contribution is 5.99. The minimum Gasteiger partial charge on any atom is -0.328 e. The summed E-state index contributed by atoms with van der Waals surface area (Å²) in [5.74, 6) is 0. The lowest BCUT2D eigenvalue weighted by Crippen LogP contribution is -2.20. The third kappa shape index (κ3) is 5.27. The van der Waals surface area contributed by atoms with Crippen molar-refractivity contribution in [2.75, 3.05) is 10.6 Å². The molecule has 2 rings (SSSR count). The van der Waals surface area contributed by atoms with Gasteiger partial charge in [0.15, 0.2) is 0 Å². The van der Waals surface area contributed by atoms with Crippen molar-refractivity contribution < 1.29 is 18.0 Å². The third-order valence-corrected chi connectivity index (χ3v) is 3.24. The number of hydrogen-bond acceptors (Lipinski definition) is 2. The van der Waals surface area contributed by atoms with Gasteiger partial charge in [0.1, 0.15) is 0 Å². The fraction of sp³-hybridized carbons (Fsp3) is 0.235. The maximum Gasteiger partial charge on any atom is 0.416 e. The molecule has 4 N–H and O–H groups in total. The van der Waals surface area contributed by atoms with Crippen LogP contribution < -0.4 is 16.4 Å². The summed E-state index contributed by atoms with van der Waals surface area (Å²) in [4.78, 5) is 11.9. The zero-order chi connectivity index (χ0) is 17.7. The maximum atomic E-state index is 12.5. The SMILES string of the molecule is CC(N)Cc1ccc(NC(=O)Nc2ccc(C(F)(F)F)cc2)cc1. The van der Waals surface area contributed by atoms with E-state index >= 15 is 0 Å². The van der Waals surface area contributed by atoms with Crippen LogP contribution in [0.3, 0.4) is 0 Å². The van der Waals surface area contributed by atoms with E-state index < -0.39 is 17.8 Å². The van der Waals surface area contributed by atoms with Crippen molar-refractivity contribution in [1.82, 2.24) is 0 Å². The molecule has 2 aromatic rings. The van der Waals surface area contributed by atoms with E-state index in [1.165, 1.54) is 12.1 Å².